The molecule has 4 heteroatoms. The molecule has 0 saturated carbocycles. The van der Waals surface area contributed by atoms with Crippen molar-refractivity contribution in [1.29, 1.82) is 0 Å². The average molecular weight is 367 g/mol. The smallest absolute Gasteiger partial charge is 0.220 e. The fourth-order valence-corrected chi connectivity index (χ4v) is 3.69. The number of ether oxygens (including phenoxy) is 1. The topological polar surface area (TPSA) is 50.4 Å². The summed E-state index contributed by atoms with van der Waals surface area (Å²) in [7, 11) is 1.67. The molecule has 0 radical (unpaired) electrons. The van der Waals surface area contributed by atoms with Crippen LogP contribution in [0.4, 0.5) is 0 Å². The number of piperidine rings is 1. The maximum absolute atomic E-state index is 12.3. The van der Waals surface area contributed by atoms with Crippen molar-refractivity contribution in [3.8, 4) is 16.9 Å². The Morgan fingerprint density at radius 1 is 1.15 bits per heavy atom. The van der Waals surface area contributed by atoms with E-state index in [1.807, 2.05) is 12.1 Å². The highest BCUT2D eigenvalue weighted by molar-refractivity contribution is 5.76. The normalized spacial score (nSPS) is 17.9. The van der Waals surface area contributed by atoms with Gasteiger partial charge in [-0.2, -0.15) is 0 Å². The van der Waals surface area contributed by atoms with Crippen LogP contribution in [0.1, 0.15) is 31.7 Å². The van der Waals surface area contributed by atoms with Gasteiger partial charge in [0.25, 0.3) is 0 Å². The van der Waals surface area contributed by atoms with E-state index in [1.54, 1.807) is 7.11 Å². The van der Waals surface area contributed by atoms with E-state index < -0.39 is 0 Å². The van der Waals surface area contributed by atoms with E-state index in [1.165, 1.54) is 12.8 Å². The first-order chi connectivity index (χ1) is 13.2. The number of carbonyl (C=O) groups excluding carboxylic acids is 1. The fraction of sp³-hybridized carbons (Fsp3) is 0.435. The van der Waals surface area contributed by atoms with Gasteiger partial charge in [0.1, 0.15) is 5.75 Å². The summed E-state index contributed by atoms with van der Waals surface area (Å²) < 4.78 is 5.20. The fourth-order valence-electron chi connectivity index (χ4n) is 3.69. The summed E-state index contributed by atoms with van der Waals surface area (Å²) in [6, 6.07) is 16.4. The van der Waals surface area contributed by atoms with Crippen molar-refractivity contribution in [3.63, 3.8) is 0 Å². The second-order valence-corrected chi connectivity index (χ2v) is 7.49. The van der Waals surface area contributed by atoms with E-state index in [0.29, 0.717) is 24.8 Å². The van der Waals surface area contributed by atoms with Crippen LogP contribution in [0.3, 0.4) is 0 Å². The van der Waals surface area contributed by atoms with Crippen LogP contribution in [-0.2, 0) is 11.3 Å². The molecule has 2 aromatic rings. The SMILES string of the molecule is COc1ccc(-c2ccc(CNC(=O)CC(C)C3CCCNC3)cc2)cc1. The molecule has 1 heterocycles. The Morgan fingerprint density at radius 3 is 2.41 bits per heavy atom. The van der Waals surface area contributed by atoms with Crippen molar-refractivity contribution in [2.75, 3.05) is 20.2 Å². The molecule has 0 aromatic heterocycles. The highest BCUT2D eigenvalue weighted by Gasteiger charge is 2.21. The first-order valence-electron chi connectivity index (χ1n) is 9.86. The van der Waals surface area contributed by atoms with Gasteiger partial charge in [-0.05, 0) is 66.6 Å². The van der Waals surface area contributed by atoms with Gasteiger partial charge in [-0.3, -0.25) is 4.79 Å². The first-order valence-corrected chi connectivity index (χ1v) is 9.86. The first kappa shape index (κ1) is 19.4. The predicted molar refractivity (Wildman–Crippen MR) is 110 cm³/mol. The zero-order chi connectivity index (χ0) is 19.1. The molecular weight excluding hydrogens is 336 g/mol. The third kappa shape index (κ3) is 5.57. The lowest BCUT2D eigenvalue weighted by Gasteiger charge is -2.28. The quantitative estimate of drug-likeness (QED) is 0.779. The van der Waals surface area contributed by atoms with Gasteiger partial charge in [-0.15, -0.1) is 0 Å². The Labute approximate surface area is 162 Å². The van der Waals surface area contributed by atoms with Gasteiger partial charge in [0.05, 0.1) is 7.11 Å². The molecule has 1 amide bonds. The number of rotatable bonds is 7. The van der Waals surface area contributed by atoms with E-state index in [4.69, 9.17) is 4.74 Å². The highest BCUT2D eigenvalue weighted by Crippen LogP contribution is 2.24. The van der Waals surface area contributed by atoms with Gasteiger partial charge in [-0.1, -0.05) is 43.3 Å². The molecule has 2 aromatic carbocycles. The van der Waals surface area contributed by atoms with E-state index in [2.05, 4.69) is 54.0 Å². The van der Waals surface area contributed by atoms with E-state index in [-0.39, 0.29) is 5.91 Å². The summed E-state index contributed by atoms with van der Waals surface area (Å²) in [4.78, 5) is 12.3. The molecule has 4 nitrogen and oxygen atoms in total. The molecule has 144 valence electrons. The summed E-state index contributed by atoms with van der Waals surface area (Å²) in [5.41, 5.74) is 3.43. The van der Waals surface area contributed by atoms with Crippen molar-refractivity contribution < 1.29 is 9.53 Å². The monoisotopic (exact) mass is 366 g/mol. The Kier molecular flexibility index (Phi) is 6.88. The van der Waals surface area contributed by atoms with Crippen LogP contribution in [-0.4, -0.2) is 26.1 Å². The van der Waals surface area contributed by atoms with Crippen LogP contribution in [0.5, 0.6) is 5.75 Å². The molecule has 2 atom stereocenters. The van der Waals surface area contributed by atoms with Crippen LogP contribution in [0.15, 0.2) is 48.5 Å². The van der Waals surface area contributed by atoms with Gasteiger partial charge in [0.2, 0.25) is 5.91 Å². The zero-order valence-corrected chi connectivity index (χ0v) is 16.3. The second kappa shape index (κ2) is 9.56. The minimum absolute atomic E-state index is 0.146. The molecule has 1 fully saturated rings. The molecule has 1 saturated heterocycles. The van der Waals surface area contributed by atoms with Crippen LogP contribution in [0.25, 0.3) is 11.1 Å². The molecule has 0 aliphatic carbocycles. The molecule has 2 unspecified atom stereocenters. The van der Waals surface area contributed by atoms with Crippen molar-refractivity contribution in [3.05, 3.63) is 54.1 Å². The van der Waals surface area contributed by atoms with Crippen molar-refractivity contribution in [1.82, 2.24) is 10.6 Å². The summed E-state index contributed by atoms with van der Waals surface area (Å²) in [6.07, 6.45) is 3.06. The molecule has 0 spiro atoms. The number of amides is 1. The Morgan fingerprint density at radius 2 is 1.81 bits per heavy atom. The lowest BCUT2D eigenvalue weighted by atomic mass is 9.85. The highest BCUT2D eigenvalue weighted by atomic mass is 16.5. The largest absolute Gasteiger partial charge is 0.497 e. The predicted octanol–water partition coefficient (Wildman–Crippen LogP) is 4.00. The van der Waals surface area contributed by atoms with Crippen molar-refractivity contribution in [2.45, 2.75) is 32.7 Å². The lowest BCUT2D eigenvalue weighted by Crippen LogP contribution is -2.35. The van der Waals surface area contributed by atoms with Crippen LogP contribution < -0.4 is 15.4 Å². The van der Waals surface area contributed by atoms with Gasteiger partial charge in [0.15, 0.2) is 0 Å². The summed E-state index contributed by atoms with van der Waals surface area (Å²) in [5.74, 6) is 2.05. The third-order valence-corrected chi connectivity index (χ3v) is 5.51. The van der Waals surface area contributed by atoms with E-state index >= 15 is 0 Å². The molecule has 1 aliphatic heterocycles. The van der Waals surface area contributed by atoms with Gasteiger partial charge in [0, 0.05) is 13.0 Å². The standard InChI is InChI=1S/C23H30N2O2/c1-17(21-4-3-13-24-16-21)14-23(26)25-15-18-5-7-19(8-6-18)20-9-11-22(27-2)12-10-20/h5-12,17,21,24H,3-4,13-16H2,1-2H3,(H,25,26). The number of methoxy groups -OCH3 is 1. The third-order valence-electron chi connectivity index (χ3n) is 5.51. The Bertz CT molecular complexity index is 719. The maximum Gasteiger partial charge on any atom is 0.220 e. The number of hydrogen-bond donors (Lipinski definition) is 2. The van der Waals surface area contributed by atoms with Gasteiger partial charge < -0.3 is 15.4 Å². The molecule has 27 heavy (non-hydrogen) atoms. The second-order valence-electron chi connectivity index (χ2n) is 7.49. The molecule has 2 N–H and O–H groups in total. The number of carbonyl (C=O) groups is 1. The van der Waals surface area contributed by atoms with Crippen LogP contribution >= 0.6 is 0 Å². The van der Waals surface area contributed by atoms with Crippen LogP contribution in [0, 0.1) is 11.8 Å². The maximum atomic E-state index is 12.3. The molecular formula is C23H30N2O2. The zero-order valence-electron chi connectivity index (χ0n) is 16.3. The summed E-state index contributed by atoms with van der Waals surface area (Å²) in [5, 5.41) is 6.50. The molecule has 3 rings (SSSR count). The number of nitrogens with one attached hydrogen (secondary N) is 2. The Hall–Kier alpha value is -2.33. The molecule has 0 bridgehead atoms. The van der Waals surface area contributed by atoms with Gasteiger partial charge in [-0.25, -0.2) is 0 Å². The van der Waals surface area contributed by atoms with Crippen molar-refractivity contribution in [2.24, 2.45) is 11.8 Å². The summed E-state index contributed by atoms with van der Waals surface area (Å²) in [6.45, 7) is 4.93. The minimum atomic E-state index is 0.146. The van der Waals surface area contributed by atoms with E-state index in [0.717, 1.165) is 35.5 Å². The average Bonchev–Trinajstić information content (AvgIpc) is 2.73. The number of benzene rings is 2. The Balaban J connectivity index is 1.48. The van der Waals surface area contributed by atoms with Crippen LogP contribution in [0.2, 0.25) is 0 Å². The summed E-state index contributed by atoms with van der Waals surface area (Å²) >= 11 is 0. The van der Waals surface area contributed by atoms with E-state index in [9.17, 15) is 4.79 Å². The molecule has 1 aliphatic rings. The lowest BCUT2D eigenvalue weighted by molar-refractivity contribution is -0.122. The number of hydrogen-bond acceptors (Lipinski definition) is 3. The minimum Gasteiger partial charge on any atom is -0.497 e. The van der Waals surface area contributed by atoms with Crippen molar-refractivity contribution >= 4 is 5.91 Å². The van der Waals surface area contributed by atoms with Gasteiger partial charge >= 0.3 is 0 Å².